The molecule has 1 aliphatic rings. The fourth-order valence-electron chi connectivity index (χ4n) is 3.39. The summed E-state index contributed by atoms with van der Waals surface area (Å²) in [6.07, 6.45) is 0. The Balaban J connectivity index is 1.85. The van der Waals surface area contributed by atoms with E-state index < -0.39 is 5.91 Å². The molecular weight excluding hydrogens is 344 g/mol. The van der Waals surface area contributed by atoms with Gasteiger partial charge in [0, 0.05) is 30.3 Å². The molecule has 144 valence electrons. The maximum atomic E-state index is 11.7. The third-order valence-electron chi connectivity index (χ3n) is 5.00. The van der Waals surface area contributed by atoms with Crippen molar-refractivity contribution in [1.82, 2.24) is 10.4 Å². The zero-order valence-corrected chi connectivity index (χ0v) is 15.9. The molecule has 0 aromatic heterocycles. The monoisotopic (exact) mass is 370 g/mol. The molecule has 0 saturated carbocycles. The van der Waals surface area contributed by atoms with E-state index in [2.05, 4.69) is 30.9 Å². The second-order valence-corrected chi connectivity index (χ2v) is 7.14. The number of amides is 1. The molecular formula is C21H26N2O4. The zero-order valence-electron chi connectivity index (χ0n) is 15.9. The molecule has 0 aliphatic carbocycles. The van der Waals surface area contributed by atoms with Crippen LogP contribution < -0.4 is 15.0 Å². The smallest absolute Gasteiger partial charge is 0.274 e. The lowest BCUT2D eigenvalue weighted by atomic mass is 10.0. The fraction of sp³-hybridized carbons (Fsp3) is 0.381. The van der Waals surface area contributed by atoms with Crippen molar-refractivity contribution in [3.05, 3.63) is 59.2 Å². The van der Waals surface area contributed by atoms with Crippen LogP contribution in [0.5, 0.6) is 11.5 Å². The minimum absolute atomic E-state index is 0.245. The van der Waals surface area contributed by atoms with Gasteiger partial charge in [0.1, 0.15) is 18.1 Å². The minimum atomic E-state index is -0.541. The van der Waals surface area contributed by atoms with E-state index in [-0.39, 0.29) is 6.04 Å². The SMILES string of the molecule is COc1ccc(CN2Cc3ccc(C(=O)NO)cc3OC[C@@H]2C(C)C)cc1. The predicted octanol–water partition coefficient (Wildman–Crippen LogP) is 3.23. The second-order valence-electron chi connectivity index (χ2n) is 7.14. The van der Waals surface area contributed by atoms with E-state index in [0.717, 1.165) is 24.4 Å². The van der Waals surface area contributed by atoms with Gasteiger partial charge in [-0.3, -0.25) is 14.9 Å². The highest BCUT2D eigenvalue weighted by atomic mass is 16.5. The van der Waals surface area contributed by atoms with Gasteiger partial charge < -0.3 is 9.47 Å². The number of rotatable bonds is 5. The van der Waals surface area contributed by atoms with Crippen molar-refractivity contribution in [1.29, 1.82) is 0 Å². The standard InChI is InChI=1S/C21H26N2O4/c1-14(2)19-13-27-20-10-16(21(24)22-25)6-7-17(20)12-23(19)11-15-4-8-18(26-3)9-5-15/h4-10,14,19,25H,11-13H2,1-3H3,(H,22,24)/t19-/m1/s1. The zero-order chi connectivity index (χ0) is 19.4. The Morgan fingerprint density at radius 3 is 2.67 bits per heavy atom. The van der Waals surface area contributed by atoms with Gasteiger partial charge in [-0.05, 0) is 35.7 Å². The van der Waals surface area contributed by atoms with Crippen LogP contribution in [0.1, 0.15) is 35.3 Å². The summed E-state index contributed by atoms with van der Waals surface area (Å²) >= 11 is 0. The van der Waals surface area contributed by atoms with E-state index in [0.29, 0.717) is 23.8 Å². The number of methoxy groups -OCH3 is 1. The van der Waals surface area contributed by atoms with Gasteiger partial charge in [0.25, 0.3) is 5.91 Å². The Labute approximate surface area is 159 Å². The van der Waals surface area contributed by atoms with E-state index in [1.807, 2.05) is 18.2 Å². The first-order valence-corrected chi connectivity index (χ1v) is 9.09. The van der Waals surface area contributed by atoms with Crippen molar-refractivity contribution in [2.75, 3.05) is 13.7 Å². The largest absolute Gasteiger partial charge is 0.497 e. The molecule has 6 nitrogen and oxygen atoms in total. The van der Waals surface area contributed by atoms with Crippen LogP contribution in [0.4, 0.5) is 0 Å². The highest BCUT2D eigenvalue weighted by Crippen LogP contribution is 2.30. The third kappa shape index (κ3) is 4.40. The van der Waals surface area contributed by atoms with Crippen molar-refractivity contribution in [2.45, 2.75) is 33.0 Å². The van der Waals surface area contributed by atoms with Crippen LogP contribution in [-0.2, 0) is 13.1 Å². The van der Waals surface area contributed by atoms with Gasteiger partial charge in [0.15, 0.2) is 0 Å². The molecule has 27 heavy (non-hydrogen) atoms. The Morgan fingerprint density at radius 2 is 2.04 bits per heavy atom. The Kier molecular flexibility index (Phi) is 5.98. The lowest BCUT2D eigenvalue weighted by Crippen LogP contribution is -2.40. The first-order valence-electron chi connectivity index (χ1n) is 9.09. The van der Waals surface area contributed by atoms with Crippen LogP contribution >= 0.6 is 0 Å². The van der Waals surface area contributed by atoms with Crippen molar-refractivity contribution in [3.63, 3.8) is 0 Å². The quantitative estimate of drug-likeness (QED) is 0.625. The van der Waals surface area contributed by atoms with Crippen molar-refractivity contribution in [3.8, 4) is 11.5 Å². The van der Waals surface area contributed by atoms with Crippen LogP contribution in [0, 0.1) is 5.92 Å². The van der Waals surface area contributed by atoms with Gasteiger partial charge in [0.2, 0.25) is 0 Å². The van der Waals surface area contributed by atoms with Gasteiger partial charge in [-0.15, -0.1) is 0 Å². The molecule has 0 radical (unpaired) electrons. The van der Waals surface area contributed by atoms with Gasteiger partial charge in [0.05, 0.1) is 7.11 Å². The number of carbonyl (C=O) groups is 1. The van der Waals surface area contributed by atoms with Crippen LogP contribution in [0.3, 0.4) is 0 Å². The average Bonchev–Trinajstić information content (AvgIpc) is 2.86. The van der Waals surface area contributed by atoms with Gasteiger partial charge in [-0.1, -0.05) is 32.0 Å². The molecule has 0 fully saturated rings. The summed E-state index contributed by atoms with van der Waals surface area (Å²) in [5.41, 5.74) is 4.28. The van der Waals surface area contributed by atoms with E-state index >= 15 is 0 Å². The lowest BCUT2D eigenvalue weighted by molar-refractivity contribution is 0.0705. The lowest BCUT2D eigenvalue weighted by Gasteiger charge is -2.32. The highest BCUT2D eigenvalue weighted by molar-refractivity contribution is 5.93. The molecule has 6 heteroatoms. The second kappa shape index (κ2) is 8.41. The molecule has 0 bridgehead atoms. The molecule has 0 saturated heterocycles. The summed E-state index contributed by atoms with van der Waals surface area (Å²) in [6.45, 7) is 6.45. The molecule has 2 aromatic rings. The molecule has 0 unspecified atom stereocenters. The van der Waals surface area contributed by atoms with Gasteiger partial charge in [-0.25, -0.2) is 5.48 Å². The van der Waals surface area contributed by atoms with Crippen LogP contribution in [0.2, 0.25) is 0 Å². The van der Waals surface area contributed by atoms with Crippen LogP contribution in [-0.4, -0.2) is 35.8 Å². The molecule has 0 spiro atoms. The Hall–Kier alpha value is -2.57. The van der Waals surface area contributed by atoms with Crippen molar-refractivity contribution < 1.29 is 19.5 Å². The van der Waals surface area contributed by atoms with Crippen molar-refractivity contribution in [2.24, 2.45) is 5.92 Å². The summed E-state index contributed by atoms with van der Waals surface area (Å²) in [7, 11) is 1.66. The molecule has 3 rings (SSSR count). The number of carbonyl (C=O) groups excluding carboxylic acids is 1. The average molecular weight is 370 g/mol. The van der Waals surface area contributed by atoms with E-state index in [1.165, 1.54) is 5.56 Å². The van der Waals surface area contributed by atoms with E-state index in [9.17, 15) is 4.79 Å². The summed E-state index contributed by atoms with van der Waals surface area (Å²) in [6, 6.07) is 13.6. The number of hydrogen-bond acceptors (Lipinski definition) is 5. The number of benzene rings is 2. The normalized spacial score (nSPS) is 17.0. The number of ether oxygens (including phenoxy) is 2. The van der Waals surface area contributed by atoms with Crippen LogP contribution in [0.15, 0.2) is 42.5 Å². The maximum absolute atomic E-state index is 11.7. The van der Waals surface area contributed by atoms with E-state index in [1.54, 1.807) is 24.7 Å². The van der Waals surface area contributed by atoms with Gasteiger partial charge in [-0.2, -0.15) is 0 Å². The highest BCUT2D eigenvalue weighted by Gasteiger charge is 2.27. The molecule has 2 N–H and O–H groups in total. The molecule has 1 heterocycles. The Morgan fingerprint density at radius 1 is 1.30 bits per heavy atom. The predicted molar refractivity (Wildman–Crippen MR) is 102 cm³/mol. The number of nitrogens with one attached hydrogen (secondary N) is 1. The first-order chi connectivity index (χ1) is 13.0. The number of nitrogens with zero attached hydrogens (tertiary/aromatic N) is 1. The summed E-state index contributed by atoms with van der Waals surface area (Å²) in [5.74, 6) is 1.41. The summed E-state index contributed by atoms with van der Waals surface area (Å²) < 4.78 is 11.3. The van der Waals surface area contributed by atoms with Crippen LogP contribution in [0.25, 0.3) is 0 Å². The Bertz CT molecular complexity index is 789. The molecule has 1 amide bonds. The summed E-state index contributed by atoms with van der Waals surface area (Å²) in [5, 5.41) is 8.85. The van der Waals surface area contributed by atoms with Gasteiger partial charge >= 0.3 is 0 Å². The maximum Gasteiger partial charge on any atom is 0.274 e. The summed E-state index contributed by atoms with van der Waals surface area (Å²) in [4.78, 5) is 14.1. The molecule has 1 aliphatic heterocycles. The molecule has 2 aromatic carbocycles. The third-order valence-corrected chi connectivity index (χ3v) is 5.00. The molecule has 1 atom stereocenters. The number of hydroxylamine groups is 1. The number of fused-ring (bicyclic) bond motifs is 1. The topological polar surface area (TPSA) is 71.0 Å². The van der Waals surface area contributed by atoms with Crippen molar-refractivity contribution >= 4 is 5.91 Å². The fourth-order valence-corrected chi connectivity index (χ4v) is 3.39. The number of hydrogen-bond donors (Lipinski definition) is 2. The first kappa shape index (κ1) is 19.2. The van der Waals surface area contributed by atoms with E-state index in [4.69, 9.17) is 14.7 Å². The minimum Gasteiger partial charge on any atom is -0.497 e.